The van der Waals surface area contributed by atoms with Crippen LogP contribution in [0.25, 0.3) is 0 Å². The van der Waals surface area contributed by atoms with Crippen molar-refractivity contribution in [1.82, 2.24) is 0 Å². The van der Waals surface area contributed by atoms with Crippen LogP contribution < -0.4 is 0 Å². The largest absolute Gasteiger partial charge is 0.411 e. The topological polar surface area (TPSA) is 32.6 Å². The van der Waals surface area contributed by atoms with Gasteiger partial charge in [-0.2, -0.15) is 0 Å². The van der Waals surface area contributed by atoms with Gasteiger partial charge in [-0.1, -0.05) is 11.7 Å². The first-order valence-corrected chi connectivity index (χ1v) is 1.20. The SMILES string of the molecule is C=C/C=N\O. The van der Waals surface area contributed by atoms with Crippen LogP contribution in [0, 0.1) is 0 Å². The summed E-state index contributed by atoms with van der Waals surface area (Å²) in [6.45, 7) is 3.24. The first kappa shape index (κ1) is 4.21. The van der Waals surface area contributed by atoms with E-state index >= 15 is 0 Å². The zero-order chi connectivity index (χ0) is 4.12. The van der Waals surface area contributed by atoms with Crippen molar-refractivity contribution in [3.63, 3.8) is 0 Å². The molecule has 28 valence electrons. The molecule has 0 fully saturated rings. The van der Waals surface area contributed by atoms with Gasteiger partial charge in [0.05, 0.1) is 6.21 Å². The molecule has 0 aliphatic rings. The fourth-order valence-electron chi connectivity index (χ4n) is 0.0471. The third kappa shape index (κ3) is 3.21. The molecule has 0 saturated heterocycles. The van der Waals surface area contributed by atoms with Crippen LogP contribution in [0.15, 0.2) is 17.8 Å². The molecule has 2 nitrogen and oxygen atoms in total. The van der Waals surface area contributed by atoms with Crippen LogP contribution >= 0.6 is 0 Å². The lowest BCUT2D eigenvalue weighted by Crippen LogP contribution is -1.54. The first-order valence-electron chi connectivity index (χ1n) is 1.20. The summed E-state index contributed by atoms with van der Waals surface area (Å²) in [6, 6.07) is 0. The number of allylic oxidation sites excluding steroid dienone is 1. The molecule has 0 atom stereocenters. The highest BCUT2D eigenvalue weighted by atomic mass is 16.4. The summed E-state index contributed by atoms with van der Waals surface area (Å²) in [5.74, 6) is 0. The third-order valence-electron chi connectivity index (χ3n) is 0.172. The summed E-state index contributed by atoms with van der Waals surface area (Å²) >= 11 is 0. The van der Waals surface area contributed by atoms with Gasteiger partial charge in [-0.25, -0.2) is 0 Å². The smallest absolute Gasteiger partial charge is 0.0655 e. The van der Waals surface area contributed by atoms with E-state index in [1.165, 1.54) is 12.3 Å². The maximum Gasteiger partial charge on any atom is 0.0655 e. The van der Waals surface area contributed by atoms with Crippen molar-refractivity contribution >= 4 is 6.21 Å². The van der Waals surface area contributed by atoms with Gasteiger partial charge in [0.25, 0.3) is 0 Å². The number of rotatable bonds is 1. The van der Waals surface area contributed by atoms with Crippen LogP contribution in [-0.2, 0) is 0 Å². The molecule has 0 aliphatic carbocycles. The zero-order valence-corrected chi connectivity index (χ0v) is 2.76. The van der Waals surface area contributed by atoms with E-state index in [2.05, 4.69) is 11.7 Å². The Hall–Kier alpha value is -0.790. The van der Waals surface area contributed by atoms with Crippen LogP contribution in [0.5, 0.6) is 0 Å². The van der Waals surface area contributed by atoms with Gasteiger partial charge in [-0.05, 0) is 6.08 Å². The van der Waals surface area contributed by atoms with Crippen molar-refractivity contribution in [3.8, 4) is 0 Å². The van der Waals surface area contributed by atoms with E-state index in [4.69, 9.17) is 5.21 Å². The minimum atomic E-state index is 1.19. The molecule has 1 N–H and O–H groups in total. The highest BCUT2D eigenvalue weighted by Crippen LogP contribution is 1.48. The number of hydrogen-bond acceptors (Lipinski definition) is 2. The number of hydrogen-bond donors (Lipinski definition) is 1. The van der Waals surface area contributed by atoms with Gasteiger partial charge in [-0.3, -0.25) is 0 Å². The molecule has 0 aliphatic heterocycles. The summed E-state index contributed by atoms with van der Waals surface area (Å²) in [6.07, 6.45) is 2.58. The lowest BCUT2D eigenvalue weighted by atomic mass is 10.7. The maximum absolute atomic E-state index is 7.56. The molecule has 0 aromatic rings. The third-order valence-corrected chi connectivity index (χ3v) is 0.172. The Labute approximate surface area is 30.4 Å². The average molecular weight is 71.1 g/mol. The van der Waals surface area contributed by atoms with E-state index in [1.54, 1.807) is 0 Å². The lowest BCUT2D eigenvalue weighted by molar-refractivity contribution is 0.322. The number of nitrogens with zero attached hydrogens (tertiary/aromatic N) is 1. The molecule has 0 aromatic heterocycles. The summed E-state index contributed by atoms with van der Waals surface area (Å²) < 4.78 is 0. The molecule has 0 radical (unpaired) electrons. The Morgan fingerprint density at radius 3 is 2.40 bits per heavy atom. The molecule has 0 unspecified atom stereocenters. The second kappa shape index (κ2) is 3.21. The molecule has 5 heavy (non-hydrogen) atoms. The minimum Gasteiger partial charge on any atom is -0.411 e. The molecule has 0 heterocycles. The van der Waals surface area contributed by atoms with Crippen LogP contribution in [0.4, 0.5) is 0 Å². The lowest BCUT2D eigenvalue weighted by Gasteiger charge is -1.58. The highest BCUT2D eigenvalue weighted by molar-refractivity contribution is 5.69. The normalized spacial score (nSPS) is 8.80. The second-order valence-electron chi connectivity index (χ2n) is 0.500. The fourth-order valence-corrected chi connectivity index (χ4v) is 0.0471. The summed E-state index contributed by atoms with van der Waals surface area (Å²) in [5, 5.41) is 10.2. The van der Waals surface area contributed by atoms with Gasteiger partial charge in [0.15, 0.2) is 0 Å². The highest BCUT2D eigenvalue weighted by Gasteiger charge is 1.44. The van der Waals surface area contributed by atoms with Crippen molar-refractivity contribution in [1.29, 1.82) is 0 Å². The van der Waals surface area contributed by atoms with Crippen molar-refractivity contribution in [2.24, 2.45) is 5.16 Å². The van der Waals surface area contributed by atoms with Crippen molar-refractivity contribution in [2.45, 2.75) is 0 Å². The van der Waals surface area contributed by atoms with Crippen molar-refractivity contribution < 1.29 is 5.21 Å². The minimum absolute atomic E-state index is 1.19. The van der Waals surface area contributed by atoms with Crippen LogP contribution in [0.3, 0.4) is 0 Å². The van der Waals surface area contributed by atoms with Crippen molar-refractivity contribution in [2.75, 3.05) is 0 Å². The average Bonchev–Trinajstić information content (AvgIpc) is 1.41. The Balaban J connectivity index is 2.92. The van der Waals surface area contributed by atoms with Gasteiger partial charge in [-0.15, -0.1) is 0 Å². The van der Waals surface area contributed by atoms with Crippen LogP contribution in [0.2, 0.25) is 0 Å². The number of oxime groups is 1. The van der Waals surface area contributed by atoms with Gasteiger partial charge in [0.2, 0.25) is 0 Å². The van der Waals surface area contributed by atoms with E-state index in [-0.39, 0.29) is 0 Å². The second-order valence-corrected chi connectivity index (χ2v) is 0.500. The van der Waals surface area contributed by atoms with E-state index in [0.717, 1.165) is 0 Å². The summed E-state index contributed by atoms with van der Waals surface area (Å²) in [5.41, 5.74) is 0. The quantitative estimate of drug-likeness (QED) is 0.274. The standard InChI is InChI=1S/C3H5NO/c1-2-3-4-5/h2-3,5H,1H2/b4-3-. The Morgan fingerprint density at radius 2 is 2.40 bits per heavy atom. The van der Waals surface area contributed by atoms with Crippen LogP contribution in [0.1, 0.15) is 0 Å². The first-order chi connectivity index (χ1) is 2.41. The molecular weight excluding hydrogens is 66.0 g/mol. The summed E-state index contributed by atoms with van der Waals surface area (Å²) in [7, 11) is 0. The molecule has 0 saturated carbocycles. The maximum atomic E-state index is 7.56. The fraction of sp³-hybridized carbons (Fsp3) is 0. The van der Waals surface area contributed by atoms with Gasteiger partial charge >= 0.3 is 0 Å². The van der Waals surface area contributed by atoms with E-state index in [9.17, 15) is 0 Å². The summed E-state index contributed by atoms with van der Waals surface area (Å²) in [4.78, 5) is 0. The monoisotopic (exact) mass is 71.0 g/mol. The van der Waals surface area contributed by atoms with Crippen LogP contribution in [-0.4, -0.2) is 11.4 Å². The molecule has 2 heteroatoms. The van der Waals surface area contributed by atoms with E-state index in [0.29, 0.717) is 0 Å². The predicted octanol–water partition coefficient (Wildman–Crippen LogP) is 0.632. The molecule has 0 bridgehead atoms. The Bertz CT molecular complexity index is 48.9. The molecule has 0 spiro atoms. The molecule has 0 rings (SSSR count). The van der Waals surface area contributed by atoms with E-state index < -0.39 is 0 Å². The Morgan fingerprint density at radius 1 is 1.80 bits per heavy atom. The molecule has 0 aromatic carbocycles. The van der Waals surface area contributed by atoms with Gasteiger partial charge in [0, 0.05) is 0 Å². The zero-order valence-electron chi connectivity index (χ0n) is 2.76. The van der Waals surface area contributed by atoms with Gasteiger partial charge < -0.3 is 5.21 Å². The van der Waals surface area contributed by atoms with Gasteiger partial charge in [0.1, 0.15) is 0 Å². The molecule has 0 amide bonds. The van der Waals surface area contributed by atoms with Crippen molar-refractivity contribution in [3.05, 3.63) is 12.7 Å². The predicted molar refractivity (Wildman–Crippen MR) is 20.5 cm³/mol. The van der Waals surface area contributed by atoms with E-state index in [1.807, 2.05) is 0 Å². The Kier molecular flexibility index (Phi) is 2.70. The molecular formula is C3H5NO.